The summed E-state index contributed by atoms with van der Waals surface area (Å²) < 4.78 is 0. The summed E-state index contributed by atoms with van der Waals surface area (Å²) in [4.78, 5) is 13.1. The lowest BCUT2D eigenvalue weighted by molar-refractivity contribution is -0.138. The Morgan fingerprint density at radius 2 is 1.60 bits per heavy atom. The van der Waals surface area contributed by atoms with E-state index in [1.807, 2.05) is 0 Å². The molecule has 3 nitrogen and oxygen atoms in total. The van der Waals surface area contributed by atoms with E-state index in [1.165, 1.54) is 32.1 Å². The van der Waals surface area contributed by atoms with Gasteiger partial charge in [-0.1, -0.05) is 26.1 Å². The number of carbonyl (C=O) groups excluding carboxylic acids is 1. The van der Waals surface area contributed by atoms with Crippen LogP contribution in [0.15, 0.2) is 0 Å². The number of carbonyl (C=O) groups is 1. The highest BCUT2D eigenvalue weighted by Gasteiger charge is 2.50. The third-order valence-electron chi connectivity index (χ3n) is 5.80. The predicted molar refractivity (Wildman–Crippen MR) is 84.1 cm³/mol. The molecule has 0 aromatic heterocycles. The summed E-state index contributed by atoms with van der Waals surface area (Å²) >= 11 is 5.10. The Bertz CT molecular complexity index is 393. The molecule has 0 aromatic rings. The van der Waals surface area contributed by atoms with E-state index in [-0.39, 0.29) is 23.8 Å². The van der Waals surface area contributed by atoms with E-state index in [1.54, 1.807) is 0 Å². The molecule has 0 aliphatic heterocycles. The molecule has 0 radical (unpaired) electrons. The molecule has 4 bridgehead atoms. The van der Waals surface area contributed by atoms with E-state index >= 15 is 0 Å². The van der Waals surface area contributed by atoms with Crippen LogP contribution in [0.1, 0.15) is 46.0 Å². The van der Waals surface area contributed by atoms with Gasteiger partial charge in [0, 0.05) is 5.92 Å². The summed E-state index contributed by atoms with van der Waals surface area (Å²) in [5.41, 5.74) is 5.78. The molecule has 0 saturated heterocycles. The van der Waals surface area contributed by atoms with Crippen molar-refractivity contribution in [2.24, 2.45) is 41.2 Å². The lowest BCUT2D eigenvalue weighted by Crippen LogP contribution is -2.55. The standard InChI is InChI=1S/C16H26N2OS/c1-8(2)14(15(17)20)18-16(19)13-11-4-9-3-10(6-11)7-12(13)5-9/h8-14H,3-7H2,1-2H3,(H2,17,20)(H,18,19). The third kappa shape index (κ3) is 2.47. The molecule has 4 rings (SSSR count). The third-order valence-corrected chi connectivity index (χ3v) is 6.05. The van der Waals surface area contributed by atoms with Crippen molar-refractivity contribution in [2.75, 3.05) is 0 Å². The first kappa shape index (κ1) is 14.3. The van der Waals surface area contributed by atoms with Crippen molar-refractivity contribution >= 4 is 23.1 Å². The van der Waals surface area contributed by atoms with Crippen molar-refractivity contribution in [3.8, 4) is 0 Å². The molecule has 112 valence electrons. The maximum absolute atomic E-state index is 12.7. The normalized spacial score (nSPS) is 39.9. The monoisotopic (exact) mass is 294 g/mol. The molecule has 1 unspecified atom stereocenters. The van der Waals surface area contributed by atoms with Crippen molar-refractivity contribution in [1.82, 2.24) is 5.32 Å². The van der Waals surface area contributed by atoms with Gasteiger partial charge in [-0.15, -0.1) is 0 Å². The van der Waals surface area contributed by atoms with Crippen molar-refractivity contribution in [2.45, 2.75) is 52.0 Å². The van der Waals surface area contributed by atoms with Crippen molar-refractivity contribution in [3.63, 3.8) is 0 Å². The topological polar surface area (TPSA) is 55.1 Å². The van der Waals surface area contributed by atoms with Gasteiger partial charge in [-0.2, -0.15) is 0 Å². The Morgan fingerprint density at radius 1 is 1.10 bits per heavy atom. The lowest BCUT2D eigenvalue weighted by Gasteiger charge is -2.53. The number of nitrogens with one attached hydrogen (secondary N) is 1. The first-order chi connectivity index (χ1) is 9.45. The first-order valence-electron chi connectivity index (χ1n) is 8.05. The van der Waals surface area contributed by atoms with Crippen LogP contribution in [0.2, 0.25) is 0 Å². The molecule has 0 aromatic carbocycles. The van der Waals surface area contributed by atoms with Gasteiger partial charge in [0.25, 0.3) is 0 Å². The average molecular weight is 294 g/mol. The van der Waals surface area contributed by atoms with Crippen molar-refractivity contribution in [1.29, 1.82) is 0 Å². The summed E-state index contributed by atoms with van der Waals surface area (Å²) in [5.74, 6) is 3.73. The summed E-state index contributed by atoms with van der Waals surface area (Å²) in [6.07, 6.45) is 6.49. The van der Waals surface area contributed by atoms with Gasteiger partial charge in [-0.25, -0.2) is 0 Å². The fourth-order valence-electron chi connectivity index (χ4n) is 5.17. The van der Waals surface area contributed by atoms with Crippen molar-refractivity contribution < 1.29 is 4.79 Å². The molecule has 0 spiro atoms. The molecule has 3 N–H and O–H groups in total. The van der Waals surface area contributed by atoms with Crippen LogP contribution in [0.5, 0.6) is 0 Å². The van der Waals surface area contributed by atoms with E-state index in [9.17, 15) is 4.79 Å². The Balaban J connectivity index is 1.70. The summed E-state index contributed by atoms with van der Waals surface area (Å²) in [7, 11) is 0. The number of nitrogens with two attached hydrogens (primary N) is 1. The van der Waals surface area contributed by atoms with E-state index < -0.39 is 0 Å². The molecule has 20 heavy (non-hydrogen) atoms. The minimum Gasteiger partial charge on any atom is -0.392 e. The van der Waals surface area contributed by atoms with Crippen LogP contribution in [0, 0.1) is 35.5 Å². The molecule has 1 atom stereocenters. The Labute approximate surface area is 127 Å². The minimum absolute atomic E-state index is 0.158. The predicted octanol–water partition coefficient (Wildman–Crippen LogP) is 2.49. The van der Waals surface area contributed by atoms with Gasteiger partial charge < -0.3 is 11.1 Å². The zero-order valence-corrected chi connectivity index (χ0v) is 13.3. The molecule has 1 amide bonds. The largest absolute Gasteiger partial charge is 0.392 e. The van der Waals surface area contributed by atoms with Crippen LogP contribution in [-0.4, -0.2) is 16.9 Å². The Hall–Kier alpha value is -0.640. The second-order valence-electron chi connectivity index (χ2n) is 7.59. The lowest BCUT2D eigenvalue weighted by atomic mass is 9.51. The van der Waals surface area contributed by atoms with Crippen LogP contribution in [-0.2, 0) is 4.79 Å². The highest BCUT2D eigenvalue weighted by Crippen LogP contribution is 2.56. The molecule has 4 heteroatoms. The van der Waals surface area contributed by atoms with Gasteiger partial charge >= 0.3 is 0 Å². The first-order valence-corrected chi connectivity index (χ1v) is 8.46. The second-order valence-corrected chi connectivity index (χ2v) is 8.06. The van der Waals surface area contributed by atoms with Gasteiger partial charge in [0.2, 0.25) is 5.91 Å². The van der Waals surface area contributed by atoms with Crippen LogP contribution in [0.3, 0.4) is 0 Å². The van der Waals surface area contributed by atoms with Crippen LogP contribution < -0.4 is 11.1 Å². The van der Waals surface area contributed by atoms with Gasteiger partial charge in [-0.3, -0.25) is 4.79 Å². The second kappa shape index (κ2) is 5.28. The SMILES string of the molecule is CC(C)C(NC(=O)C1C2CC3CC(C2)CC1C3)C(N)=S. The fourth-order valence-corrected chi connectivity index (χ4v) is 5.50. The molecule has 4 saturated carbocycles. The summed E-state index contributed by atoms with van der Waals surface area (Å²) in [6, 6.07) is -0.158. The number of rotatable bonds is 4. The van der Waals surface area contributed by atoms with Gasteiger partial charge in [0.15, 0.2) is 0 Å². The highest BCUT2D eigenvalue weighted by atomic mass is 32.1. The maximum atomic E-state index is 12.7. The molecule has 4 fully saturated rings. The molecule has 4 aliphatic rings. The van der Waals surface area contributed by atoms with E-state index in [0.29, 0.717) is 16.8 Å². The molecular formula is C16H26N2OS. The number of hydrogen-bond acceptors (Lipinski definition) is 2. The van der Waals surface area contributed by atoms with Crippen LogP contribution >= 0.6 is 12.2 Å². The summed E-state index contributed by atoms with van der Waals surface area (Å²) in [5, 5.41) is 3.14. The van der Waals surface area contributed by atoms with Gasteiger partial charge in [0.1, 0.15) is 0 Å². The number of hydrogen-bond donors (Lipinski definition) is 2. The zero-order valence-electron chi connectivity index (χ0n) is 12.5. The molecular weight excluding hydrogens is 268 g/mol. The zero-order chi connectivity index (χ0) is 14.4. The quantitative estimate of drug-likeness (QED) is 0.783. The Morgan fingerprint density at radius 3 is 2.00 bits per heavy atom. The minimum atomic E-state index is -0.158. The van der Waals surface area contributed by atoms with E-state index in [0.717, 1.165) is 11.8 Å². The van der Waals surface area contributed by atoms with E-state index in [2.05, 4.69) is 19.2 Å². The van der Waals surface area contributed by atoms with Gasteiger partial charge in [-0.05, 0) is 61.7 Å². The van der Waals surface area contributed by atoms with E-state index in [4.69, 9.17) is 18.0 Å². The molecule has 4 aliphatic carbocycles. The smallest absolute Gasteiger partial charge is 0.224 e. The summed E-state index contributed by atoms with van der Waals surface area (Å²) in [6.45, 7) is 4.11. The van der Waals surface area contributed by atoms with Gasteiger partial charge in [0.05, 0.1) is 11.0 Å². The molecule has 0 heterocycles. The Kier molecular flexibility index (Phi) is 3.78. The van der Waals surface area contributed by atoms with Crippen LogP contribution in [0.4, 0.5) is 0 Å². The number of thiocarbonyl (C=S) groups is 1. The van der Waals surface area contributed by atoms with Crippen molar-refractivity contribution in [3.05, 3.63) is 0 Å². The highest BCUT2D eigenvalue weighted by molar-refractivity contribution is 7.80. The van der Waals surface area contributed by atoms with Crippen LogP contribution in [0.25, 0.3) is 0 Å². The average Bonchev–Trinajstić information content (AvgIpc) is 2.33. The number of amides is 1. The maximum Gasteiger partial charge on any atom is 0.224 e. The fraction of sp³-hybridized carbons (Fsp3) is 0.875.